The molecule has 182 valence electrons. The fourth-order valence-corrected chi connectivity index (χ4v) is 4.31. The van der Waals surface area contributed by atoms with Gasteiger partial charge in [-0.25, -0.2) is 0 Å². The molecule has 1 atom stereocenters. The molecular formula is C31H31N3O2. The first-order valence-electron chi connectivity index (χ1n) is 12.0. The zero-order valence-electron chi connectivity index (χ0n) is 20.7. The number of aromatic hydroxyl groups is 1. The summed E-state index contributed by atoms with van der Waals surface area (Å²) in [6.07, 6.45) is 10.4. The second kappa shape index (κ2) is 11.4. The molecule has 0 saturated heterocycles. The van der Waals surface area contributed by atoms with Crippen molar-refractivity contribution in [2.75, 3.05) is 0 Å². The zero-order chi connectivity index (χ0) is 25.5. The maximum atomic E-state index is 13.3. The summed E-state index contributed by atoms with van der Waals surface area (Å²) in [4.78, 5) is 21.2. The summed E-state index contributed by atoms with van der Waals surface area (Å²) in [7, 11) is 0. The third kappa shape index (κ3) is 5.99. The summed E-state index contributed by atoms with van der Waals surface area (Å²) < 4.78 is 0. The van der Waals surface area contributed by atoms with E-state index in [1.807, 2.05) is 74.7 Å². The highest BCUT2D eigenvalue weighted by atomic mass is 16.3. The summed E-state index contributed by atoms with van der Waals surface area (Å²) in [5, 5.41) is 14.0. The van der Waals surface area contributed by atoms with Gasteiger partial charge in [0.1, 0.15) is 5.75 Å². The molecule has 0 radical (unpaired) electrons. The standard InChI is InChI=1S/C31H31N3O2/c1-4-23(13-12-21(2)3)26-11-8-16-32-31(26)29(17-22-9-6-5-7-10-22)34-30(36)18-24-20-33-28-15-14-25(35)19-27(24)28/h4-16,19-20,29,33,35H,2,17-18H2,1,3H3,(H,34,36). The molecule has 1 amide bonds. The molecule has 2 aromatic carbocycles. The molecule has 5 heteroatoms. The van der Waals surface area contributed by atoms with Gasteiger partial charge in [0.25, 0.3) is 0 Å². The first-order chi connectivity index (χ1) is 17.4. The van der Waals surface area contributed by atoms with Crippen LogP contribution in [0.5, 0.6) is 5.75 Å². The summed E-state index contributed by atoms with van der Waals surface area (Å²) in [6.45, 7) is 7.91. The van der Waals surface area contributed by atoms with E-state index in [1.165, 1.54) is 0 Å². The van der Waals surface area contributed by atoms with Crippen molar-refractivity contribution in [2.24, 2.45) is 0 Å². The Hall–Kier alpha value is -4.38. The van der Waals surface area contributed by atoms with Crippen LogP contribution in [0.15, 0.2) is 103 Å². The minimum absolute atomic E-state index is 0.115. The third-order valence-corrected chi connectivity index (χ3v) is 6.06. The Morgan fingerprint density at radius 1 is 1.14 bits per heavy atom. The second-order valence-electron chi connectivity index (χ2n) is 8.89. The number of aromatic nitrogens is 2. The number of allylic oxidation sites excluding steroid dienone is 5. The van der Waals surface area contributed by atoms with Crippen molar-refractivity contribution in [2.45, 2.75) is 32.7 Å². The Balaban J connectivity index is 1.66. The number of H-pyrrole nitrogens is 1. The van der Waals surface area contributed by atoms with Crippen LogP contribution >= 0.6 is 0 Å². The monoisotopic (exact) mass is 477 g/mol. The molecule has 0 saturated carbocycles. The average molecular weight is 478 g/mol. The van der Waals surface area contributed by atoms with Crippen molar-refractivity contribution in [1.82, 2.24) is 15.3 Å². The predicted octanol–water partition coefficient (Wildman–Crippen LogP) is 6.45. The van der Waals surface area contributed by atoms with Crippen LogP contribution in [0.4, 0.5) is 0 Å². The van der Waals surface area contributed by atoms with Gasteiger partial charge in [0.15, 0.2) is 0 Å². The van der Waals surface area contributed by atoms with Gasteiger partial charge in [0.2, 0.25) is 5.91 Å². The lowest BCUT2D eigenvalue weighted by Crippen LogP contribution is -2.32. The van der Waals surface area contributed by atoms with Gasteiger partial charge in [-0.2, -0.15) is 0 Å². The van der Waals surface area contributed by atoms with E-state index in [0.29, 0.717) is 6.42 Å². The highest BCUT2D eigenvalue weighted by Crippen LogP contribution is 2.28. The van der Waals surface area contributed by atoms with E-state index in [0.717, 1.165) is 44.4 Å². The first kappa shape index (κ1) is 24.7. The first-order valence-corrected chi connectivity index (χ1v) is 12.0. The Kier molecular flexibility index (Phi) is 7.81. The minimum atomic E-state index is -0.331. The fourth-order valence-electron chi connectivity index (χ4n) is 4.31. The predicted molar refractivity (Wildman–Crippen MR) is 147 cm³/mol. The van der Waals surface area contributed by atoms with Crippen molar-refractivity contribution < 1.29 is 9.90 Å². The molecule has 36 heavy (non-hydrogen) atoms. The highest BCUT2D eigenvalue weighted by molar-refractivity contribution is 5.90. The Labute approximate surface area is 211 Å². The van der Waals surface area contributed by atoms with Gasteiger partial charge >= 0.3 is 0 Å². The topological polar surface area (TPSA) is 78.0 Å². The summed E-state index contributed by atoms with van der Waals surface area (Å²) >= 11 is 0. The summed E-state index contributed by atoms with van der Waals surface area (Å²) in [5.41, 5.74) is 6.57. The van der Waals surface area contributed by atoms with Crippen LogP contribution in [-0.4, -0.2) is 21.0 Å². The quantitative estimate of drug-likeness (QED) is 0.243. The normalized spacial score (nSPS) is 12.7. The minimum Gasteiger partial charge on any atom is -0.508 e. The number of fused-ring (bicyclic) bond motifs is 1. The Morgan fingerprint density at radius 3 is 2.69 bits per heavy atom. The Bertz CT molecular complexity index is 1430. The van der Waals surface area contributed by atoms with Gasteiger partial charge < -0.3 is 15.4 Å². The number of pyridine rings is 1. The van der Waals surface area contributed by atoms with Crippen molar-refractivity contribution in [3.05, 3.63) is 126 Å². The molecule has 0 fully saturated rings. The van der Waals surface area contributed by atoms with Crippen LogP contribution < -0.4 is 5.32 Å². The number of rotatable bonds is 9. The smallest absolute Gasteiger partial charge is 0.225 e. The molecule has 0 aliphatic heterocycles. The van der Waals surface area contributed by atoms with E-state index in [4.69, 9.17) is 4.98 Å². The summed E-state index contributed by atoms with van der Waals surface area (Å²) in [5.74, 6) is 0.0572. The fraction of sp³-hybridized carbons (Fsp3) is 0.161. The molecule has 0 spiro atoms. The number of hydrogen-bond donors (Lipinski definition) is 3. The number of benzene rings is 2. The summed E-state index contributed by atoms with van der Waals surface area (Å²) in [6, 6.07) is 18.8. The van der Waals surface area contributed by atoms with Crippen molar-refractivity contribution in [1.29, 1.82) is 0 Å². The number of hydrogen-bond acceptors (Lipinski definition) is 3. The molecule has 0 bridgehead atoms. The maximum Gasteiger partial charge on any atom is 0.225 e. The lowest BCUT2D eigenvalue weighted by Gasteiger charge is -2.22. The number of carbonyl (C=O) groups excluding carboxylic acids is 1. The van der Waals surface area contributed by atoms with E-state index in [2.05, 4.69) is 29.0 Å². The molecule has 0 aliphatic carbocycles. The largest absolute Gasteiger partial charge is 0.508 e. The molecule has 4 aromatic rings. The lowest BCUT2D eigenvalue weighted by molar-refractivity contribution is -0.121. The van der Waals surface area contributed by atoms with Gasteiger partial charge in [0, 0.05) is 28.9 Å². The number of nitrogens with zero attached hydrogens (tertiary/aromatic N) is 1. The second-order valence-corrected chi connectivity index (χ2v) is 8.89. The molecule has 1 unspecified atom stereocenters. The highest BCUT2D eigenvalue weighted by Gasteiger charge is 2.21. The number of amides is 1. The van der Waals surface area contributed by atoms with Gasteiger partial charge in [-0.1, -0.05) is 66.8 Å². The van der Waals surface area contributed by atoms with E-state index in [9.17, 15) is 9.90 Å². The van der Waals surface area contributed by atoms with Crippen molar-refractivity contribution in [3.8, 4) is 5.75 Å². The van der Waals surface area contributed by atoms with E-state index < -0.39 is 0 Å². The maximum absolute atomic E-state index is 13.3. The average Bonchev–Trinajstić information content (AvgIpc) is 3.26. The number of aromatic amines is 1. The number of phenolic OH excluding ortho intramolecular Hbond substituents is 1. The van der Waals surface area contributed by atoms with Crippen molar-refractivity contribution in [3.63, 3.8) is 0 Å². The van der Waals surface area contributed by atoms with Crippen LogP contribution in [-0.2, 0) is 17.6 Å². The van der Waals surface area contributed by atoms with Crippen LogP contribution in [0, 0.1) is 0 Å². The number of phenols is 1. The lowest BCUT2D eigenvalue weighted by atomic mass is 9.94. The van der Waals surface area contributed by atoms with Gasteiger partial charge in [0.05, 0.1) is 18.2 Å². The molecule has 3 N–H and O–H groups in total. The molecule has 2 aromatic heterocycles. The third-order valence-electron chi connectivity index (χ3n) is 6.06. The van der Waals surface area contributed by atoms with Crippen LogP contribution in [0.3, 0.4) is 0 Å². The Morgan fingerprint density at radius 2 is 1.94 bits per heavy atom. The van der Waals surface area contributed by atoms with Crippen molar-refractivity contribution >= 4 is 22.4 Å². The molecular weight excluding hydrogens is 446 g/mol. The molecule has 2 heterocycles. The molecule has 4 rings (SSSR count). The van der Waals surface area contributed by atoms with Crippen LogP contribution in [0.25, 0.3) is 16.5 Å². The van der Waals surface area contributed by atoms with Crippen LogP contribution in [0.2, 0.25) is 0 Å². The number of nitrogens with one attached hydrogen (secondary N) is 2. The van der Waals surface area contributed by atoms with Gasteiger partial charge in [-0.15, -0.1) is 0 Å². The molecule has 0 aliphatic rings. The zero-order valence-corrected chi connectivity index (χ0v) is 20.7. The van der Waals surface area contributed by atoms with E-state index in [-0.39, 0.29) is 24.1 Å². The number of carbonyl (C=O) groups is 1. The van der Waals surface area contributed by atoms with Crippen LogP contribution in [0.1, 0.15) is 42.3 Å². The van der Waals surface area contributed by atoms with Gasteiger partial charge in [-0.3, -0.25) is 9.78 Å². The van der Waals surface area contributed by atoms with E-state index >= 15 is 0 Å². The molecule has 5 nitrogen and oxygen atoms in total. The van der Waals surface area contributed by atoms with Gasteiger partial charge in [-0.05, 0) is 61.2 Å². The van der Waals surface area contributed by atoms with E-state index in [1.54, 1.807) is 18.3 Å². The SMILES string of the molecule is C=C(C)C=CC(=CC)c1cccnc1C(Cc1ccccc1)NC(=O)Cc1c[nH]c2ccc(O)cc12.